The molecule has 0 heterocycles. The molecule has 0 saturated carbocycles. The van der Waals surface area contributed by atoms with Gasteiger partial charge in [0.2, 0.25) is 0 Å². The minimum absolute atomic E-state index is 0.705. The summed E-state index contributed by atoms with van der Waals surface area (Å²) in [6.07, 6.45) is 0. The van der Waals surface area contributed by atoms with Gasteiger partial charge >= 0.3 is 0 Å². The number of nitrogens with two attached hydrogens (primary N) is 1. The van der Waals surface area contributed by atoms with Gasteiger partial charge in [0.25, 0.3) is 0 Å². The van der Waals surface area contributed by atoms with E-state index < -0.39 is 0 Å². The van der Waals surface area contributed by atoms with Crippen LogP contribution in [0.25, 0.3) is 0 Å². The Morgan fingerprint density at radius 3 is 0.966 bits per heavy atom. The molecule has 4 aromatic carbocycles. The summed E-state index contributed by atoms with van der Waals surface area (Å²) in [5.41, 5.74) is 7.59. The first-order chi connectivity index (χ1) is 14.1. The molecule has 0 saturated heterocycles. The molecule has 29 heavy (non-hydrogen) atoms. The maximum absolute atomic E-state index is 5.89. The predicted octanol–water partition coefficient (Wildman–Crippen LogP) is 6.95. The molecule has 144 valence electrons. The van der Waals surface area contributed by atoms with Crippen LogP contribution in [0.5, 0.6) is 34.5 Å². The molecule has 0 radical (unpaired) electrons. The number of ether oxygens (including phenoxy) is 3. The first kappa shape index (κ1) is 18.4. The highest BCUT2D eigenvalue weighted by atomic mass is 16.5. The zero-order valence-corrected chi connectivity index (χ0v) is 16.0. The Hall–Kier alpha value is -3.92. The molecule has 0 aromatic heterocycles. The van der Waals surface area contributed by atoms with Crippen LogP contribution in [-0.4, -0.2) is 0 Å². The number of hydrogen-bond acceptors (Lipinski definition) is 4. The summed E-state index contributed by atoms with van der Waals surface area (Å²) in [5.74, 6) is 4.48. The zero-order valence-electron chi connectivity index (χ0n) is 16.0. The van der Waals surface area contributed by atoms with Crippen molar-refractivity contribution in [1.82, 2.24) is 0 Å². The molecule has 4 rings (SSSR count). The highest BCUT2D eigenvalue weighted by Crippen LogP contribution is 2.29. The number of anilines is 1. The normalized spacial score (nSPS) is 10.4. The average Bonchev–Trinajstić information content (AvgIpc) is 2.74. The summed E-state index contributed by atoms with van der Waals surface area (Å²) in [6.45, 7) is 2.05. The zero-order chi connectivity index (χ0) is 20.1. The summed E-state index contributed by atoms with van der Waals surface area (Å²) in [7, 11) is 0. The van der Waals surface area contributed by atoms with Crippen molar-refractivity contribution >= 4 is 5.69 Å². The van der Waals surface area contributed by atoms with Crippen LogP contribution in [0.1, 0.15) is 5.56 Å². The van der Waals surface area contributed by atoms with Crippen LogP contribution >= 0.6 is 0 Å². The SMILES string of the molecule is Cc1ccc(Oc2ccc(Oc3ccc(Oc4ccc(N)cc4)cc3)cc2)cc1. The van der Waals surface area contributed by atoms with Crippen LogP contribution in [0, 0.1) is 6.92 Å². The fraction of sp³-hybridized carbons (Fsp3) is 0.0400. The van der Waals surface area contributed by atoms with E-state index in [9.17, 15) is 0 Å². The van der Waals surface area contributed by atoms with Crippen LogP contribution in [0.3, 0.4) is 0 Å². The Balaban J connectivity index is 1.36. The summed E-state index contributed by atoms with van der Waals surface area (Å²) in [6, 6.07) is 30.2. The van der Waals surface area contributed by atoms with Gasteiger partial charge < -0.3 is 19.9 Å². The van der Waals surface area contributed by atoms with Crippen molar-refractivity contribution in [3.8, 4) is 34.5 Å². The van der Waals surface area contributed by atoms with Crippen molar-refractivity contribution in [3.63, 3.8) is 0 Å². The van der Waals surface area contributed by atoms with Crippen LogP contribution in [0.2, 0.25) is 0 Å². The van der Waals surface area contributed by atoms with E-state index in [1.807, 2.05) is 91.9 Å². The Bertz CT molecular complexity index is 966. The van der Waals surface area contributed by atoms with Gasteiger partial charge in [-0.05, 0) is 91.9 Å². The van der Waals surface area contributed by atoms with Gasteiger partial charge in [0.1, 0.15) is 34.5 Å². The van der Waals surface area contributed by atoms with E-state index in [2.05, 4.69) is 0 Å². The van der Waals surface area contributed by atoms with Crippen LogP contribution in [0.4, 0.5) is 5.69 Å². The molecule has 4 aromatic rings. The van der Waals surface area contributed by atoms with Gasteiger partial charge in [-0.3, -0.25) is 0 Å². The van der Waals surface area contributed by atoms with E-state index in [0.29, 0.717) is 5.69 Å². The van der Waals surface area contributed by atoms with Gasteiger partial charge in [-0.1, -0.05) is 17.7 Å². The van der Waals surface area contributed by atoms with Crippen LogP contribution < -0.4 is 19.9 Å². The standard InChI is InChI=1S/C25H21NO3/c1-18-2-6-20(7-3-18)27-22-10-14-24(15-11-22)29-25-16-12-23(13-17-25)28-21-8-4-19(26)5-9-21/h2-17H,26H2,1H3. The van der Waals surface area contributed by atoms with Gasteiger partial charge in [0, 0.05) is 5.69 Å². The van der Waals surface area contributed by atoms with Gasteiger partial charge in [0.15, 0.2) is 0 Å². The molecule has 4 heteroatoms. The molecular formula is C25H21NO3. The van der Waals surface area contributed by atoms with Crippen molar-refractivity contribution in [2.24, 2.45) is 0 Å². The maximum atomic E-state index is 5.89. The topological polar surface area (TPSA) is 53.7 Å². The van der Waals surface area contributed by atoms with E-state index in [4.69, 9.17) is 19.9 Å². The molecule has 0 bridgehead atoms. The number of hydrogen-bond donors (Lipinski definition) is 1. The third kappa shape index (κ3) is 5.08. The molecule has 0 atom stereocenters. The predicted molar refractivity (Wildman–Crippen MR) is 115 cm³/mol. The van der Waals surface area contributed by atoms with Crippen molar-refractivity contribution in [2.45, 2.75) is 6.92 Å². The maximum Gasteiger partial charge on any atom is 0.127 e. The van der Waals surface area contributed by atoms with Crippen molar-refractivity contribution in [2.75, 3.05) is 5.73 Å². The first-order valence-electron chi connectivity index (χ1n) is 9.30. The van der Waals surface area contributed by atoms with Gasteiger partial charge in [-0.25, -0.2) is 0 Å². The smallest absolute Gasteiger partial charge is 0.127 e. The third-order valence-electron chi connectivity index (χ3n) is 4.26. The molecule has 0 unspecified atom stereocenters. The lowest BCUT2D eigenvalue weighted by Gasteiger charge is -2.10. The van der Waals surface area contributed by atoms with E-state index in [0.717, 1.165) is 34.5 Å². The van der Waals surface area contributed by atoms with Gasteiger partial charge in [0.05, 0.1) is 0 Å². The number of benzene rings is 4. The summed E-state index contributed by atoms with van der Waals surface area (Å²) >= 11 is 0. The fourth-order valence-corrected chi connectivity index (χ4v) is 2.70. The van der Waals surface area contributed by atoms with E-state index in [-0.39, 0.29) is 0 Å². The molecule has 4 nitrogen and oxygen atoms in total. The highest BCUT2D eigenvalue weighted by molar-refractivity contribution is 5.44. The van der Waals surface area contributed by atoms with E-state index in [1.54, 1.807) is 12.1 Å². The Kier molecular flexibility index (Phi) is 5.34. The molecule has 0 spiro atoms. The number of aryl methyl sites for hydroxylation is 1. The second-order valence-electron chi connectivity index (χ2n) is 6.63. The lowest BCUT2D eigenvalue weighted by molar-refractivity contribution is 0.464. The quantitative estimate of drug-likeness (QED) is 0.366. The Morgan fingerprint density at radius 1 is 0.414 bits per heavy atom. The monoisotopic (exact) mass is 383 g/mol. The van der Waals surface area contributed by atoms with Crippen LogP contribution in [-0.2, 0) is 0 Å². The van der Waals surface area contributed by atoms with Crippen molar-refractivity contribution < 1.29 is 14.2 Å². The summed E-state index contributed by atoms with van der Waals surface area (Å²) in [5, 5.41) is 0. The minimum atomic E-state index is 0.705. The molecule has 0 aliphatic carbocycles. The Labute approximate surface area is 170 Å². The first-order valence-corrected chi connectivity index (χ1v) is 9.30. The molecule has 0 fully saturated rings. The molecule has 2 N–H and O–H groups in total. The lowest BCUT2D eigenvalue weighted by atomic mass is 10.2. The number of rotatable bonds is 6. The Morgan fingerprint density at radius 2 is 0.655 bits per heavy atom. The minimum Gasteiger partial charge on any atom is -0.457 e. The average molecular weight is 383 g/mol. The fourth-order valence-electron chi connectivity index (χ4n) is 2.70. The summed E-state index contributed by atoms with van der Waals surface area (Å²) in [4.78, 5) is 0. The van der Waals surface area contributed by atoms with Crippen molar-refractivity contribution in [3.05, 3.63) is 103 Å². The lowest BCUT2D eigenvalue weighted by Crippen LogP contribution is -1.88. The second-order valence-corrected chi connectivity index (χ2v) is 6.63. The van der Waals surface area contributed by atoms with Crippen LogP contribution in [0.15, 0.2) is 97.1 Å². The third-order valence-corrected chi connectivity index (χ3v) is 4.26. The number of nitrogen functional groups attached to an aromatic ring is 1. The molecular weight excluding hydrogens is 362 g/mol. The van der Waals surface area contributed by atoms with Crippen molar-refractivity contribution in [1.29, 1.82) is 0 Å². The van der Waals surface area contributed by atoms with Gasteiger partial charge in [-0.2, -0.15) is 0 Å². The highest BCUT2D eigenvalue weighted by Gasteiger charge is 2.02. The second kappa shape index (κ2) is 8.40. The molecule has 0 aliphatic rings. The van der Waals surface area contributed by atoms with E-state index >= 15 is 0 Å². The van der Waals surface area contributed by atoms with Gasteiger partial charge in [-0.15, -0.1) is 0 Å². The largest absolute Gasteiger partial charge is 0.457 e. The summed E-state index contributed by atoms with van der Waals surface area (Å²) < 4.78 is 17.5. The van der Waals surface area contributed by atoms with E-state index in [1.165, 1.54) is 5.56 Å². The molecule has 0 aliphatic heterocycles. The molecule has 0 amide bonds.